The number of hydrogen-bond acceptors (Lipinski definition) is 9. The van der Waals surface area contributed by atoms with Gasteiger partial charge in [0.1, 0.15) is 0 Å². The zero-order valence-corrected chi connectivity index (χ0v) is 25.5. The molecule has 0 saturated heterocycles. The highest BCUT2D eigenvalue weighted by molar-refractivity contribution is 6.05. The van der Waals surface area contributed by atoms with Crippen molar-refractivity contribution in [2.75, 3.05) is 33.3 Å². The summed E-state index contributed by atoms with van der Waals surface area (Å²) in [5.41, 5.74) is 5.56. The predicted octanol–water partition coefficient (Wildman–Crippen LogP) is 5.65. The number of nitrogens with zero attached hydrogens (tertiary/aromatic N) is 1. The zero-order chi connectivity index (χ0) is 32.3. The van der Waals surface area contributed by atoms with Crippen LogP contribution < -0.4 is 34.4 Å². The largest absolute Gasteiger partial charge is 0.493 e. The number of methoxy groups -OCH3 is 3. The van der Waals surface area contributed by atoms with Crippen molar-refractivity contribution in [2.45, 2.75) is 13.8 Å². The number of aryl methyl sites for hydroxylation is 1. The van der Waals surface area contributed by atoms with Crippen LogP contribution >= 0.6 is 0 Å². The Morgan fingerprint density at radius 2 is 1.44 bits per heavy atom. The minimum Gasteiger partial charge on any atom is -0.493 e. The third kappa shape index (κ3) is 8.17. The van der Waals surface area contributed by atoms with Crippen molar-refractivity contribution in [3.63, 3.8) is 0 Å². The summed E-state index contributed by atoms with van der Waals surface area (Å²) in [4.78, 5) is 38.3. The summed E-state index contributed by atoms with van der Waals surface area (Å²) in [6, 6.07) is 21.5. The van der Waals surface area contributed by atoms with Gasteiger partial charge in [-0.1, -0.05) is 23.8 Å². The molecule has 0 aromatic heterocycles. The van der Waals surface area contributed by atoms with E-state index in [1.54, 1.807) is 61.5 Å². The monoisotopic (exact) mass is 611 g/mol. The van der Waals surface area contributed by atoms with E-state index in [0.717, 1.165) is 5.56 Å². The van der Waals surface area contributed by atoms with E-state index in [-0.39, 0.29) is 17.2 Å². The van der Waals surface area contributed by atoms with E-state index in [0.29, 0.717) is 52.0 Å². The van der Waals surface area contributed by atoms with E-state index in [1.807, 2.05) is 19.1 Å². The van der Waals surface area contributed by atoms with Gasteiger partial charge in [-0.2, -0.15) is 5.10 Å². The summed E-state index contributed by atoms with van der Waals surface area (Å²) in [7, 11) is 4.37. The van der Waals surface area contributed by atoms with Crippen molar-refractivity contribution in [2.24, 2.45) is 5.10 Å². The first-order chi connectivity index (χ1) is 21.8. The molecule has 0 saturated carbocycles. The molecular weight excluding hydrogens is 578 g/mol. The van der Waals surface area contributed by atoms with Crippen LogP contribution in [0.2, 0.25) is 0 Å². The fourth-order valence-corrected chi connectivity index (χ4v) is 4.19. The number of carbonyl (C=O) groups excluding carboxylic acids is 3. The molecule has 232 valence electrons. The van der Waals surface area contributed by atoms with Gasteiger partial charge in [0.25, 0.3) is 11.8 Å². The van der Waals surface area contributed by atoms with Crippen molar-refractivity contribution in [3.8, 4) is 28.7 Å². The maximum Gasteiger partial charge on any atom is 0.343 e. The molecule has 2 amide bonds. The van der Waals surface area contributed by atoms with Gasteiger partial charge < -0.3 is 29.0 Å². The van der Waals surface area contributed by atoms with Crippen molar-refractivity contribution in [3.05, 3.63) is 107 Å². The van der Waals surface area contributed by atoms with E-state index in [1.165, 1.54) is 39.7 Å². The Morgan fingerprint density at radius 3 is 2.09 bits per heavy atom. The van der Waals surface area contributed by atoms with Gasteiger partial charge >= 0.3 is 5.97 Å². The predicted molar refractivity (Wildman–Crippen MR) is 169 cm³/mol. The van der Waals surface area contributed by atoms with Crippen molar-refractivity contribution in [1.29, 1.82) is 0 Å². The highest BCUT2D eigenvalue weighted by atomic mass is 16.6. The van der Waals surface area contributed by atoms with Gasteiger partial charge in [0.05, 0.1) is 39.7 Å². The van der Waals surface area contributed by atoms with Crippen molar-refractivity contribution >= 4 is 29.7 Å². The lowest BCUT2D eigenvalue weighted by Gasteiger charge is -2.15. The maximum absolute atomic E-state index is 13.0. The molecule has 4 rings (SSSR count). The van der Waals surface area contributed by atoms with Crippen LogP contribution in [0.1, 0.15) is 49.1 Å². The minimum atomic E-state index is -0.666. The van der Waals surface area contributed by atoms with Crippen LogP contribution in [-0.4, -0.2) is 51.9 Å². The number of carbonyl (C=O) groups is 3. The Hall–Kier alpha value is -5.84. The summed E-state index contributed by atoms with van der Waals surface area (Å²) in [5.74, 6) is 0.0159. The number of rotatable bonds is 12. The fourth-order valence-electron chi connectivity index (χ4n) is 4.19. The Labute approximate surface area is 260 Å². The minimum absolute atomic E-state index is 0.180. The number of esters is 1. The molecule has 0 spiro atoms. The second kappa shape index (κ2) is 15.1. The first-order valence-corrected chi connectivity index (χ1v) is 13.9. The van der Waals surface area contributed by atoms with Gasteiger partial charge in [-0.3, -0.25) is 9.59 Å². The van der Waals surface area contributed by atoms with Crippen LogP contribution in [-0.2, 0) is 0 Å². The van der Waals surface area contributed by atoms with E-state index in [2.05, 4.69) is 15.8 Å². The Balaban J connectivity index is 1.43. The van der Waals surface area contributed by atoms with Crippen LogP contribution in [0.3, 0.4) is 0 Å². The van der Waals surface area contributed by atoms with Gasteiger partial charge in [0.2, 0.25) is 5.75 Å². The number of nitrogens with one attached hydrogen (secondary N) is 2. The Morgan fingerprint density at radius 1 is 0.733 bits per heavy atom. The average molecular weight is 612 g/mol. The molecule has 0 heterocycles. The summed E-state index contributed by atoms with van der Waals surface area (Å²) < 4.78 is 27.3. The summed E-state index contributed by atoms with van der Waals surface area (Å²) >= 11 is 0. The molecular formula is C34H33N3O8. The number of hydrogen-bond donors (Lipinski definition) is 2. The molecule has 0 radical (unpaired) electrons. The molecule has 0 unspecified atom stereocenters. The lowest BCUT2D eigenvalue weighted by Crippen LogP contribution is -2.18. The van der Waals surface area contributed by atoms with Gasteiger partial charge in [-0.25, -0.2) is 10.2 Å². The van der Waals surface area contributed by atoms with Crippen LogP contribution in [0.4, 0.5) is 5.69 Å². The normalized spacial score (nSPS) is 10.6. The summed E-state index contributed by atoms with van der Waals surface area (Å²) in [5, 5.41) is 6.84. The molecule has 0 aliphatic carbocycles. The van der Waals surface area contributed by atoms with Crippen LogP contribution in [0.25, 0.3) is 0 Å². The van der Waals surface area contributed by atoms with Gasteiger partial charge in [0.15, 0.2) is 23.0 Å². The zero-order valence-electron chi connectivity index (χ0n) is 25.5. The first-order valence-electron chi connectivity index (χ1n) is 13.9. The molecule has 0 aliphatic heterocycles. The third-order valence-electron chi connectivity index (χ3n) is 6.45. The van der Waals surface area contributed by atoms with Gasteiger partial charge in [-0.05, 0) is 80.1 Å². The van der Waals surface area contributed by atoms with Gasteiger partial charge in [0, 0.05) is 16.8 Å². The molecule has 11 nitrogen and oxygen atoms in total. The SMILES string of the molecule is CCOc1cc(C=NNC(=O)c2cccc(NC(=O)c3ccc(C)cc3)c2)ccc1OC(=O)c1cc(OC)c(OC)c(OC)c1. The van der Waals surface area contributed by atoms with Crippen LogP contribution in [0.15, 0.2) is 84.0 Å². The van der Waals surface area contributed by atoms with Crippen molar-refractivity contribution < 1.29 is 38.1 Å². The summed E-state index contributed by atoms with van der Waals surface area (Å²) in [6.07, 6.45) is 1.42. The Kier molecular flexibility index (Phi) is 10.7. The van der Waals surface area contributed by atoms with Crippen LogP contribution in [0.5, 0.6) is 28.7 Å². The number of amides is 2. The van der Waals surface area contributed by atoms with E-state index in [9.17, 15) is 14.4 Å². The lowest BCUT2D eigenvalue weighted by molar-refractivity contribution is 0.0727. The quantitative estimate of drug-likeness (QED) is 0.0908. The fraction of sp³-hybridized carbons (Fsp3) is 0.176. The number of anilines is 1. The number of hydrazone groups is 1. The van der Waals surface area contributed by atoms with Gasteiger partial charge in [-0.15, -0.1) is 0 Å². The molecule has 4 aromatic carbocycles. The molecule has 0 atom stereocenters. The maximum atomic E-state index is 13.0. The molecule has 4 aromatic rings. The van der Waals surface area contributed by atoms with E-state index in [4.69, 9.17) is 23.7 Å². The first kappa shape index (κ1) is 32.1. The summed E-state index contributed by atoms with van der Waals surface area (Å²) in [6.45, 7) is 4.04. The van der Waals surface area contributed by atoms with E-state index >= 15 is 0 Å². The van der Waals surface area contributed by atoms with Crippen molar-refractivity contribution in [1.82, 2.24) is 5.43 Å². The van der Waals surface area contributed by atoms with E-state index < -0.39 is 11.9 Å². The van der Waals surface area contributed by atoms with Crippen LogP contribution in [0, 0.1) is 6.92 Å². The number of benzene rings is 4. The standard InChI is InChI=1S/C34H33N3O8/c1-6-44-28-16-22(12-15-27(28)45-34(40)25-18-29(41-3)31(43-5)30(19-25)42-4)20-35-37-33(39)24-8-7-9-26(17-24)36-32(38)23-13-10-21(2)11-14-23/h7-20H,6H2,1-5H3,(H,36,38)(H,37,39). The molecule has 11 heteroatoms. The molecule has 0 aliphatic rings. The molecule has 0 bridgehead atoms. The number of ether oxygens (including phenoxy) is 5. The molecule has 0 fully saturated rings. The highest BCUT2D eigenvalue weighted by Gasteiger charge is 2.20. The molecule has 2 N–H and O–H groups in total. The Bertz CT molecular complexity index is 1690. The lowest BCUT2D eigenvalue weighted by atomic mass is 10.1. The highest BCUT2D eigenvalue weighted by Crippen LogP contribution is 2.39. The second-order valence-electron chi connectivity index (χ2n) is 9.54. The second-order valence-corrected chi connectivity index (χ2v) is 9.54. The average Bonchev–Trinajstić information content (AvgIpc) is 3.05. The topological polar surface area (TPSA) is 134 Å². The smallest absolute Gasteiger partial charge is 0.343 e. The molecule has 45 heavy (non-hydrogen) atoms. The third-order valence-corrected chi connectivity index (χ3v) is 6.45.